The zero-order valence-corrected chi connectivity index (χ0v) is 14.6. The van der Waals surface area contributed by atoms with Gasteiger partial charge in [-0.25, -0.2) is 0 Å². The van der Waals surface area contributed by atoms with Crippen LogP contribution < -0.4 is 15.4 Å². The highest BCUT2D eigenvalue weighted by Crippen LogP contribution is 2.12. The van der Waals surface area contributed by atoms with Gasteiger partial charge < -0.3 is 20.3 Å². The van der Waals surface area contributed by atoms with E-state index in [9.17, 15) is 9.59 Å². The van der Waals surface area contributed by atoms with Crippen LogP contribution in [0.25, 0.3) is 0 Å². The second-order valence-corrected chi connectivity index (χ2v) is 5.79. The molecular weight excluding hydrogens is 294 g/mol. The van der Waals surface area contributed by atoms with Gasteiger partial charge in [-0.15, -0.1) is 0 Å². The third kappa shape index (κ3) is 5.56. The van der Waals surface area contributed by atoms with E-state index in [1.54, 1.807) is 43.3 Å². The third-order valence-corrected chi connectivity index (χ3v) is 3.64. The molecule has 0 spiro atoms. The molecule has 0 heterocycles. The maximum Gasteiger partial charge on any atom is 0.251 e. The zero-order valence-electron chi connectivity index (χ0n) is 14.6. The fourth-order valence-corrected chi connectivity index (χ4v) is 2.11. The molecule has 0 radical (unpaired) electrons. The van der Waals surface area contributed by atoms with Gasteiger partial charge in [-0.05, 0) is 37.2 Å². The van der Waals surface area contributed by atoms with Crippen molar-refractivity contribution in [2.24, 2.45) is 5.92 Å². The number of ether oxygens (including phenoxy) is 1. The number of hydrogen-bond acceptors (Lipinski definition) is 4. The highest BCUT2D eigenvalue weighted by Gasteiger charge is 2.27. The predicted octanol–water partition coefficient (Wildman–Crippen LogP) is 1.13. The SMILES string of the molecule is CNCCN(C)C(=O)C(NC(=O)c1ccc(OC)cc1)C(C)C. The summed E-state index contributed by atoms with van der Waals surface area (Å²) in [5, 5.41) is 5.84. The number of benzene rings is 1. The number of rotatable bonds is 8. The quantitative estimate of drug-likeness (QED) is 0.753. The molecule has 0 aliphatic rings. The molecule has 1 unspecified atom stereocenters. The van der Waals surface area contributed by atoms with E-state index in [0.29, 0.717) is 24.4 Å². The van der Waals surface area contributed by atoms with Gasteiger partial charge in [0.25, 0.3) is 5.91 Å². The molecule has 0 fully saturated rings. The minimum absolute atomic E-state index is 0.00161. The van der Waals surface area contributed by atoms with E-state index in [1.165, 1.54) is 0 Å². The number of nitrogens with zero attached hydrogens (tertiary/aromatic N) is 1. The first-order valence-electron chi connectivity index (χ1n) is 7.75. The highest BCUT2D eigenvalue weighted by atomic mass is 16.5. The van der Waals surface area contributed by atoms with E-state index in [4.69, 9.17) is 4.74 Å². The lowest BCUT2D eigenvalue weighted by Crippen LogP contribution is -2.51. The van der Waals surface area contributed by atoms with Crippen LogP contribution in [0.4, 0.5) is 0 Å². The van der Waals surface area contributed by atoms with Crippen LogP contribution in [0, 0.1) is 5.92 Å². The Morgan fingerprint density at radius 2 is 1.83 bits per heavy atom. The highest BCUT2D eigenvalue weighted by molar-refractivity contribution is 5.97. The Morgan fingerprint density at radius 1 is 1.22 bits per heavy atom. The number of methoxy groups -OCH3 is 1. The van der Waals surface area contributed by atoms with Gasteiger partial charge in [0.05, 0.1) is 7.11 Å². The maximum atomic E-state index is 12.5. The molecule has 6 heteroatoms. The Hall–Kier alpha value is -2.08. The van der Waals surface area contributed by atoms with Crippen molar-refractivity contribution < 1.29 is 14.3 Å². The van der Waals surface area contributed by atoms with E-state index < -0.39 is 6.04 Å². The van der Waals surface area contributed by atoms with Crippen molar-refractivity contribution >= 4 is 11.8 Å². The lowest BCUT2D eigenvalue weighted by atomic mass is 10.0. The molecule has 0 saturated heterocycles. The summed E-state index contributed by atoms with van der Waals surface area (Å²) < 4.78 is 5.08. The predicted molar refractivity (Wildman–Crippen MR) is 90.6 cm³/mol. The molecule has 1 aromatic rings. The number of likely N-dealkylation sites (N-methyl/N-ethyl adjacent to an activating group) is 2. The van der Waals surface area contributed by atoms with Gasteiger partial charge in [0.2, 0.25) is 5.91 Å². The van der Waals surface area contributed by atoms with E-state index in [2.05, 4.69) is 10.6 Å². The van der Waals surface area contributed by atoms with Crippen LogP contribution in [0.2, 0.25) is 0 Å². The molecule has 0 aromatic heterocycles. The molecule has 0 saturated carbocycles. The van der Waals surface area contributed by atoms with E-state index >= 15 is 0 Å². The molecular formula is C17H27N3O3. The number of carbonyl (C=O) groups is 2. The van der Waals surface area contributed by atoms with E-state index in [-0.39, 0.29) is 17.7 Å². The summed E-state index contributed by atoms with van der Waals surface area (Å²) in [5.41, 5.74) is 0.502. The number of nitrogens with one attached hydrogen (secondary N) is 2. The summed E-state index contributed by atoms with van der Waals surface area (Å²) in [6.45, 7) is 5.14. The molecule has 6 nitrogen and oxygen atoms in total. The van der Waals surface area contributed by atoms with Crippen molar-refractivity contribution in [2.45, 2.75) is 19.9 Å². The van der Waals surface area contributed by atoms with Crippen molar-refractivity contribution in [2.75, 3.05) is 34.3 Å². The number of hydrogen-bond donors (Lipinski definition) is 2. The molecule has 2 N–H and O–H groups in total. The van der Waals surface area contributed by atoms with E-state index in [0.717, 1.165) is 0 Å². The van der Waals surface area contributed by atoms with Crippen molar-refractivity contribution in [3.8, 4) is 5.75 Å². The van der Waals surface area contributed by atoms with Gasteiger partial charge in [0, 0.05) is 25.7 Å². The van der Waals surface area contributed by atoms with Crippen LogP contribution in [0.3, 0.4) is 0 Å². The molecule has 2 amide bonds. The average Bonchev–Trinajstić information content (AvgIpc) is 2.56. The molecule has 0 aliphatic carbocycles. The molecule has 1 rings (SSSR count). The summed E-state index contributed by atoms with van der Waals surface area (Å²) >= 11 is 0. The van der Waals surface area contributed by atoms with Crippen LogP contribution in [-0.2, 0) is 4.79 Å². The van der Waals surface area contributed by atoms with Gasteiger partial charge in [0.15, 0.2) is 0 Å². The molecule has 0 bridgehead atoms. The number of carbonyl (C=O) groups excluding carboxylic acids is 2. The fraction of sp³-hybridized carbons (Fsp3) is 0.529. The van der Waals surface area contributed by atoms with Gasteiger partial charge in [-0.3, -0.25) is 9.59 Å². The Bertz CT molecular complexity index is 514. The van der Waals surface area contributed by atoms with Crippen LogP contribution in [0.1, 0.15) is 24.2 Å². The smallest absolute Gasteiger partial charge is 0.251 e. The van der Waals surface area contributed by atoms with Gasteiger partial charge in [-0.1, -0.05) is 13.8 Å². The zero-order chi connectivity index (χ0) is 17.4. The number of amides is 2. The van der Waals surface area contributed by atoms with E-state index in [1.807, 2.05) is 20.9 Å². The molecule has 1 atom stereocenters. The minimum atomic E-state index is -0.550. The molecule has 1 aromatic carbocycles. The topological polar surface area (TPSA) is 70.7 Å². The minimum Gasteiger partial charge on any atom is -0.497 e. The monoisotopic (exact) mass is 321 g/mol. The van der Waals surface area contributed by atoms with Crippen LogP contribution in [-0.4, -0.2) is 57.1 Å². The van der Waals surface area contributed by atoms with Crippen molar-refractivity contribution in [1.82, 2.24) is 15.5 Å². The standard InChI is InChI=1S/C17H27N3O3/c1-12(2)15(17(22)20(4)11-10-18-3)19-16(21)13-6-8-14(23-5)9-7-13/h6-9,12,15,18H,10-11H2,1-5H3,(H,19,21). The Morgan fingerprint density at radius 3 is 2.30 bits per heavy atom. The second-order valence-electron chi connectivity index (χ2n) is 5.79. The summed E-state index contributed by atoms with van der Waals surface area (Å²) in [7, 11) is 5.15. The summed E-state index contributed by atoms with van der Waals surface area (Å²) in [6.07, 6.45) is 0. The largest absolute Gasteiger partial charge is 0.497 e. The Balaban J connectivity index is 2.77. The second kappa shape index (κ2) is 9.15. The first kappa shape index (κ1) is 19.0. The van der Waals surface area contributed by atoms with Crippen molar-refractivity contribution in [1.29, 1.82) is 0 Å². The van der Waals surface area contributed by atoms with Gasteiger partial charge in [0.1, 0.15) is 11.8 Å². The fourth-order valence-electron chi connectivity index (χ4n) is 2.11. The lowest BCUT2D eigenvalue weighted by Gasteiger charge is -2.27. The maximum absolute atomic E-state index is 12.5. The van der Waals surface area contributed by atoms with Crippen LogP contribution >= 0.6 is 0 Å². The molecule has 23 heavy (non-hydrogen) atoms. The molecule has 128 valence electrons. The van der Waals surface area contributed by atoms with Crippen LogP contribution in [0.5, 0.6) is 5.75 Å². The average molecular weight is 321 g/mol. The summed E-state index contributed by atoms with van der Waals surface area (Å²) in [6, 6.07) is 6.26. The first-order chi connectivity index (χ1) is 10.9. The Kier molecular flexibility index (Phi) is 7.54. The Labute approximate surface area is 138 Å². The molecule has 0 aliphatic heterocycles. The summed E-state index contributed by atoms with van der Waals surface area (Å²) in [5.74, 6) is 0.338. The van der Waals surface area contributed by atoms with Gasteiger partial charge in [-0.2, -0.15) is 0 Å². The van der Waals surface area contributed by atoms with Crippen molar-refractivity contribution in [3.63, 3.8) is 0 Å². The first-order valence-corrected chi connectivity index (χ1v) is 7.75. The summed E-state index contributed by atoms with van der Waals surface area (Å²) in [4.78, 5) is 26.5. The normalized spacial score (nSPS) is 11.9. The third-order valence-electron chi connectivity index (χ3n) is 3.64. The lowest BCUT2D eigenvalue weighted by molar-refractivity contribution is -0.132. The van der Waals surface area contributed by atoms with Gasteiger partial charge >= 0.3 is 0 Å². The van der Waals surface area contributed by atoms with Crippen molar-refractivity contribution in [3.05, 3.63) is 29.8 Å². The van der Waals surface area contributed by atoms with Crippen LogP contribution in [0.15, 0.2) is 24.3 Å².